The van der Waals surface area contributed by atoms with E-state index in [0.717, 1.165) is 67.9 Å². The standard InChI is InChI=1S/C32H49BO3.C32H47BO3/c2*1-11-31(34,12-2)20-19-25-15-16-26(21-23(25)5)32(13-3,14-4)27-17-18-28(24(6)22-27)33-35-29(7,8)30(9,10)36-33/h15-18,21-22,34H,11-14,19-20H2,1-10H3;15-22,34H,11-14H2,1-10H3/b;20-19+. The first kappa shape index (κ1) is 59.4. The summed E-state index contributed by atoms with van der Waals surface area (Å²) in [6.45, 7) is 42.9. The molecule has 4 aromatic rings. The lowest BCUT2D eigenvalue weighted by atomic mass is 9.67. The Bertz CT molecular complexity index is 2450. The van der Waals surface area contributed by atoms with Gasteiger partial charge in [0.25, 0.3) is 0 Å². The Balaban J connectivity index is 0.000000267. The third-order valence-corrected chi connectivity index (χ3v) is 18.8. The highest BCUT2D eigenvalue weighted by Gasteiger charge is 2.53. The molecule has 2 fully saturated rings. The van der Waals surface area contributed by atoms with Crippen LogP contribution in [-0.4, -0.2) is 58.1 Å². The SMILES string of the molecule is CCC(O)(/C=C/c1ccc(C(CC)(CC)c2ccc(B3OC(C)(C)C(C)(C)O3)c(C)c2)cc1C)CC.CCC(O)(CC)CCc1ccc(C(CC)(CC)c2ccc(B3OC(C)(C)C(C)(C)O3)c(C)c2)cc1C. The lowest BCUT2D eigenvalue weighted by molar-refractivity contribution is 0.00578. The zero-order chi connectivity index (χ0) is 53.9. The van der Waals surface area contributed by atoms with Gasteiger partial charge >= 0.3 is 14.2 Å². The third kappa shape index (κ3) is 12.0. The minimum atomic E-state index is -0.738. The highest BCUT2D eigenvalue weighted by molar-refractivity contribution is 6.63. The van der Waals surface area contributed by atoms with Gasteiger partial charge < -0.3 is 28.8 Å². The second kappa shape index (κ2) is 22.8. The molecule has 8 heteroatoms. The molecule has 0 aliphatic carbocycles. The minimum absolute atomic E-state index is 0.0455. The minimum Gasteiger partial charge on any atom is -0.399 e. The number of hydrogen-bond acceptors (Lipinski definition) is 6. The smallest absolute Gasteiger partial charge is 0.399 e. The van der Waals surface area contributed by atoms with E-state index in [0.29, 0.717) is 12.8 Å². The summed E-state index contributed by atoms with van der Waals surface area (Å²) in [5.41, 5.74) is 12.3. The maximum absolute atomic E-state index is 10.8. The van der Waals surface area contributed by atoms with Gasteiger partial charge in [0.1, 0.15) is 0 Å². The Morgan fingerprint density at radius 3 is 1.11 bits per heavy atom. The van der Waals surface area contributed by atoms with Crippen molar-refractivity contribution in [1.29, 1.82) is 0 Å². The van der Waals surface area contributed by atoms with Crippen LogP contribution in [0.25, 0.3) is 6.08 Å². The van der Waals surface area contributed by atoms with E-state index in [-0.39, 0.29) is 47.5 Å². The Kier molecular flexibility index (Phi) is 18.8. The zero-order valence-electron chi connectivity index (χ0n) is 48.8. The van der Waals surface area contributed by atoms with Crippen LogP contribution in [0, 0.1) is 27.7 Å². The van der Waals surface area contributed by atoms with E-state index >= 15 is 0 Å². The summed E-state index contributed by atoms with van der Waals surface area (Å²) in [6, 6.07) is 27.5. The van der Waals surface area contributed by atoms with Gasteiger partial charge in [0, 0.05) is 10.8 Å². The molecule has 2 saturated heterocycles. The molecule has 0 radical (unpaired) electrons. The average Bonchev–Trinajstić information content (AvgIpc) is 3.70. The van der Waals surface area contributed by atoms with Crippen molar-refractivity contribution in [3.8, 4) is 0 Å². The topological polar surface area (TPSA) is 77.4 Å². The molecule has 4 aromatic carbocycles. The van der Waals surface area contributed by atoms with Gasteiger partial charge in [-0.1, -0.05) is 151 Å². The summed E-state index contributed by atoms with van der Waals surface area (Å²) in [5.74, 6) is 0. The first-order chi connectivity index (χ1) is 33.6. The fourth-order valence-corrected chi connectivity index (χ4v) is 11.0. The summed E-state index contributed by atoms with van der Waals surface area (Å²) in [7, 11) is -0.687. The van der Waals surface area contributed by atoms with Crippen molar-refractivity contribution in [2.45, 2.75) is 247 Å². The number of hydrogen-bond donors (Lipinski definition) is 2. The molecule has 0 spiro atoms. The summed E-state index contributed by atoms with van der Waals surface area (Å²) >= 11 is 0. The van der Waals surface area contributed by atoms with E-state index in [2.05, 4.69) is 203 Å². The van der Waals surface area contributed by atoms with Crippen molar-refractivity contribution < 1.29 is 28.8 Å². The molecule has 2 heterocycles. The summed E-state index contributed by atoms with van der Waals surface area (Å²) in [5, 5.41) is 21.4. The summed E-state index contributed by atoms with van der Waals surface area (Å²) in [4.78, 5) is 0. The first-order valence-corrected chi connectivity index (χ1v) is 27.8. The normalized spacial score (nSPS) is 17.7. The average molecular weight is 983 g/mol. The molecule has 394 valence electrons. The summed E-state index contributed by atoms with van der Waals surface area (Å²) < 4.78 is 25.4. The molecule has 0 atom stereocenters. The van der Waals surface area contributed by atoms with E-state index in [4.69, 9.17) is 18.6 Å². The van der Waals surface area contributed by atoms with E-state index < -0.39 is 11.2 Å². The molecule has 0 unspecified atom stereocenters. The largest absolute Gasteiger partial charge is 0.495 e. The Hall–Kier alpha value is -3.49. The molecule has 6 rings (SSSR count). The predicted molar refractivity (Wildman–Crippen MR) is 307 cm³/mol. The van der Waals surface area contributed by atoms with Crippen LogP contribution in [0.3, 0.4) is 0 Å². The van der Waals surface area contributed by atoms with Crippen molar-refractivity contribution in [2.24, 2.45) is 0 Å². The molecular weight excluding hydrogens is 886 g/mol. The predicted octanol–water partition coefficient (Wildman–Crippen LogP) is 14.5. The second-order valence-electron chi connectivity index (χ2n) is 23.7. The Morgan fingerprint density at radius 1 is 0.444 bits per heavy atom. The first-order valence-electron chi connectivity index (χ1n) is 27.8. The molecule has 2 aliphatic rings. The van der Waals surface area contributed by atoms with Gasteiger partial charge in [-0.25, -0.2) is 0 Å². The van der Waals surface area contributed by atoms with Gasteiger partial charge in [0.15, 0.2) is 0 Å². The van der Waals surface area contributed by atoms with Crippen molar-refractivity contribution in [3.63, 3.8) is 0 Å². The van der Waals surface area contributed by atoms with Gasteiger partial charge in [0.05, 0.1) is 33.6 Å². The molecule has 2 N–H and O–H groups in total. The molecule has 0 amide bonds. The van der Waals surface area contributed by atoms with Gasteiger partial charge in [-0.2, -0.15) is 0 Å². The van der Waals surface area contributed by atoms with Gasteiger partial charge in [-0.05, 0) is 203 Å². The highest BCUT2D eigenvalue weighted by atomic mass is 16.7. The van der Waals surface area contributed by atoms with Crippen LogP contribution in [-0.2, 0) is 35.9 Å². The van der Waals surface area contributed by atoms with Gasteiger partial charge in [-0.3, -0.25) is 0 Å². The Morgan fingerprint density at radius 2 is 0.792 bits per heavy atom. The van der Waals surface area contributed by atoms with E-state index in [1.807, 2.05) is 19.9 Å². The fraction of sp³-hybridized carbons (Fsp3) is 0.594. The molecule has 2 aliphatic heterocycles. The number of aliphatic hydroxyl groups is 2. The van der Waals surface area contributed by atoms with Crippen LogP contribution in [0.5, 0.6) is 0 Å². The highest BCUT2D eigenvalue weighted by Crippen LogP contribution is 2.43. The van der Waals surface area contributed by atoms with Gasteiger partial charge in [-0.15, -0.1) is 0 Å². The van der Waals surface area contributed by atoms with E-state index in [1.165, 1.54) is 50.1 Å². The fourth-order valence-electron chi connectivity index (χ4n) is 11.0. The second-order valence-corrected chi connectivity index (χ2v) is 23.7. The molecule has 6 nitrogen and oxygen atoms in total. The monoisotopic (exact) mass is 983 g/mol. The maximum Gasteiger partial charge on any atom is 0.495 e. The number of benzene rings is 4. The van der Waals surface area contributed by atoms with Crippen molar-refractivity contribution in [1.82, 2.24) is 0 Å². The van der Waals surface area contributed by atoms with Crippen molar-refractivity contribution in [3.05, 3.63) is 135 Å². The Labute approximate surface area is 439 Å². The quantitative estimate of drug-likeness (QED) is 0.0912. The van der Waals surface area contributed by atoms with Crippen LogP contribution in [0.4, 0.5) is 0 Å². The summed E-state index contributed by atoms with van der Waals surface area (Å²) in [6.07, 6.45) is 12.9. The van der Waals surface area contributed by atoms with E-state index in [9.17, 15) is 10.2 Å². The lowest BCUT2D eigenvalue weighted by Crippen LogP contribution is -2.41. The van der Waals surface area contributed by atoms with Crippen LogP contribution in [0.1, 0.15) is 224 Å². The maximum atomic E-state index is 10.8. The van der Waals surface area contributed by atoms with Crippen LogP contribution >= 0.6 is 0 Å². The molecule has 0 saturated carbocycles. The third-order valence-electron chi connectivity index (χ3n) is 18.8. The zero-order valence-corrected chi connectivity index (χ0v) is 48.8. The molecule has 0 bridgehead atoms. The lowest BCUT2D eigenvalue weighted by Gasteiger charge is -2.34. The van der Waals surface area contributed by atoms with Crippen molar-refractivity contribution >= 4 is 31.2 Å². The molecular formula is C64H96B2O6. The van der Waals surface area contributed by atoms with Gasteiger partial charge in [0.2, 0.25) is 0 Å². The number of rotatable bonds is 19. The van der Waals surface area contributed by atoms with Crippen LogP contribution < -0.4 is 10.9 Å². The van der Waals surface area contributed by atoms with Crippen LogP contribution in [0.15, 0.2) is 78.9 Å². The van der Waals surface area contributed by atoms with Crippen LogP contribution in [0.2, 0.25) is 0 Å². The number of aryl methyl sites for hydroxylation is 5. The molecule has 72 heavy (non-hydrogen) atoms. The van der Waals surface area contributed by atoms with E-state index in [1.54, 1.807) is 0 Å². The van der Waals surface area contributed by atoms with Crippen molar-refractivity contribution in [2.75, 3.05) is 0 Å². The molecule has 0 aromatic heterocycles.